The fourth-order valence-electron chi connectivity index (χ4n) is 3.31. The van der Waals surface area contributed by atoms with Crippen LogP contribution < -0.4 is 0 Å². The van der Waals surface area contributed by atoms with Crippen LogP contribution in [0, 0.1) is 6.42 Å². The minimum atomic E-state index is 0.479. The summed E-state index contributed by atoms with van der Waals surface area (Å²) in [4.78, 5) is 0. The van der Waals surface area contributed by atoms with Gasteiger partial charge in [-0.1, -0.05) is 72.8 Å². The molecule has 0 bridgehead atoms. The molecule has 0 aromatic heterocycles. The van der Waals surface area contributed by atoms with E-state index < -0.39 is 0 Å². The van der Waals surface area contributed by atoms with E-state index in [0.29, 0.717) is 11.8 Å². The third kappa shape index (κ3) is 1.92. The third-order valence-corrected chi connectivity index (χ3v) is 4.39. The molecule has 2 aliphatic carbocycles. The molecule has 2 atom stereocenters. The highest BCUT2D eigenvalue weighted by molar-refractivity contribution is 5.64. The monoisotopic (exact) mass is 257 g/mol. The molecule has 0 nitrogen and oxygen atoms in total. The predicted octanol–water partition coefficient (Wildman–Crippen LogP) is 5.20. The highest BCUT2D eigenvalue weighted by atomic mass is 14.2. The first kappa shape index (κ1) is 11.7. The number of hydrogen-bond acceptors (Lipinski definition) is 0. The van der Waals surface area contributed by atoms with Crippen molar-refractivity contribution in [2.75, 3.05) is 0 Å². The van der Waals surface area contributed by atoms with Crippen molar-refractivity contribution in [2.45, 2.75) is 18.3 Å². The Labute approximate surface area is 120 Å². The van der Waals surface area contributed by atoms with E-state index in [1.807, 2.05) is 0 Å². The van der Waals surface area contributed by atoms with Crippen molar-refractivity contribution in [3.05, 3.63) is 89.4 Å². The van der Waals surface area contributed by atoms with Gasteiger partial charge in [-0.2, -0.15) is 0 Å². The Balaban J connectivity index is 1.48. The van der Waals surface area contributed by atoms with Gasteiger partial charge in [0.1, 0.15) is 0 Å². The summed E-state index contributed by atoms with van der Waals surface area (Å²) in [7, 11) is 0. The third-order valence-electron chi connectivity index (χ3n) is 4.39. The zero-order chi connectivity index (χ0) is 13.4. The second-order valence-corrected chi connectivity index (χ2v) is 5.58. The average Bonchev–Trinajstić information content (AvgIpc) is 3.09. The summed E-state index contributed by atoms with van der Waals surface area (Å²) < 4.78 is 0. The molecule has 2 unspecified atom stereocenters. The number of rotatable bonds is 3. The average molecular weight is 257 g/mol. The van der Waals surface area contributed by atoms with Crippen molar-refractivity contribution < 1.29 is 0 Å². The van der Waals surface area contributed by atoms with E-state index >= 15 is 0 Å². The lowest BCUT2D eigenvalue weighted by Gasteiger charge is -2.14. The van der Waals surface area contributed by atoms with Crippen molar-refractivity contribution in [3.63, 3.8) is 0 Å². The molecule has 0 saturated heterocycles. The lowest BCUT2D eigenvalue weighted by molar-refractivity contribution is 0.779. The van der Waals surface area contributed by atoms with E-state index in [1.165, 1.54) is 22.3 Å². The molecule has 97 valence electrons. The van der Waals surface area contributed by atoms with Crippen LogP contribution in [0.25, 0.3) is 12.2 Å². The topological polar surface area (TPSA) is 0 Å². The Morgan fingerprint density at radius 2 is 1.40 bits per heavy atom. The summed E-state index contributed by atoms with van der Waals surface area (Å²) in [6.07, 6.45) is 12.7. The molecule has 0 saturated carbocycles. The zero-order valence-electron chi connectivity index (χ0n) is 11.4. The first-order valence-electron chi connectivity index (χ1n) is 7.29. The van der Waals surface area contributed by atoms with Crippen LogP contribution in [0.15, 0.2) is 60.7 Å². The van der Waals surface area contributed by atoms with Crippen LogP contribution in [0.1, 0.15) is 40.5 Å². The van der Waals surface area contributed by atoms with Gasteiger partial charge in [0.05, 0.1) is 0 Å². The van der Waals surface area contributed by atoms with E-state index in [4.69, 9.17) is 0 Å². The Kier molecular flexibility index (Phi) is 2.81. The second-order valence-electron chi connectivity index (χ2n) is 5.58. The van der Waals surface area contributed by atoms with Gasteiger partial charge in [0.15, 0.2) is 0 Å². The van der Waals surface area contributed by atoms with Gasteiger partial charge in [-0.3, -0.25) is 0 Å². The van der Waals surface area contributed by atoms with Crippen LogP contribution in [0.3, 0.4) is 0 Å². The van der Waals surface area contributed by atoms with E-state index in [2.05, 4.69) is 79.3 Å². The summed E-state index contributed by atoms with van der Waals surface area (Å²) in [5.74, 6) is 1.03. The minimum Gasteiger partial charge on any atom is -0.0764 e. The molecule has 0 fully saturated rings. The lowest BCUT2D eigenvalue weighted by atomic mass is 9.89. The van der Waals surface area contributed by atoms with Crippen LogP contribution in [-0.2, 0) is 0 Å². The molecule has 0 N–H and O–H groups in total. The maximum atomic E-state index is 2.46. The number of benzene rings is 2. The van der Waals surface area contributed by atoms with Crippen molar-refractivity contribution in [2.24, 2.45) is 0 Å². The molecule has 0 amide bonds. The van der Waals surface area contributed by atoms with Gasteiger partial charge in [0.25, 0.3) is 0 Å². The molecular formula is C20H17. The normalized spacial score (nSPS) is 22.0. The molecule has 0 heteroatoms. The predicted molar refractivity (Wildman–Crippen MR) is 85.4 cm³/mol. The highest BCUT2D eigenvalue weighted by Crippen LogP contribution is 2.38. The second kappa shape index (κ2) is 4.79. The van der Waals surface area contributed by atoms with Gasteiger partial charge in [0.2, 0.25) is 0 Å². The van der Waals surface area contributed by atoms with Crippen LogP contribution in [0.2, 0.25) is 0 Å². The Hall–Kier alpha value is -2.08. The maximum Gasteiger partial charge on any atom is 0.00588 e. The van der Waals surface area contributed by atoms with Crippen LogP contribution in [0.5, 0.6) is 0 Å². The summed E-state index contributed by atoms with van der Waals surface area (Å²) in [6, 6.07) is 17.4. The molecule has 2 aromatic carbocycles. The highest BCUT2D eigenvalue weighted by Gasteiger charge is 2.21. The Bertz CT molecular complexity index is 629. The summed E-state index contributed by atoms with van der Waals surface area (Å²) >= 11 is 0. The largest absolute Gasteiger partial charge is 0.0764 e. The SMILES string of the molecule is [CH](CC1C=Cc2ccccc21)C1C=Cc2ccccc21. The van der Waals surface area contributed by atoms with E-state index in [1.54, 1.807) is 0 Å². The number of allylic oxidation sites excluding steroid dienone is 2. The van der Waals surface area contributed by atoms with Gasteiger partial charge in [-0.05, 0) is 35.1 Å². The molecule has 2 aromatic rings. The van der Waals surface area contributed by atoms with Gasteiger partial charge < -0.3 is 0 Å². The van der Waals surface area contributed by atoms with Crippen molar-refractivity contribution in [3.8, 4) is 0 Å². The van der Waals surface area contributed by atoms with Crippen LogP contribution in [-0.4, -0.2) is 0 Å². The Morgan fingerprint density at radius 1 is 0.750 bits per heavy atom. The molecule has 0 aliphatic heterocycles. The summed E-state index contributed by atoms with van der Waals surface area (Å²) in [6.45, 7) is 0. The van der Waals surface area contributed by atoms with Crippen molar-refractivity contribution in [1.29, 1.82) is 0 Å². The van der Waals surface area contributed by atoms with Crippen molar-refractivity contribution in [1.82, 2.24) is 0 Å². The van der Waals surface area contributed by atoms with E-state index in [9.17, 15) is 0 Å². The fraction of sp³-hybridized carbons (Fsp3) is 0.150. The van der Waals surface area contributed by atoms with E-state index in [0.717, 1.165) is 6.42 Å². The Morgan fingerprint density at radius 3 is 2.25 bits per heavy atom. The van der Waals surface area contributed by atoms with Crippen LogP contribution in [0.4, 0.5) is 0 Å². The standard InChI is InChI=1S/C20H17/c1-3-7-19-15(5-1)9-11-17(19)13-14-18-12-10-16-6-2-4-8-20(16)18/h1-13,17-18H,14H2. The fourth-order valence-corrected chi connectivity index (χ4v) is 3.31. The first-order chi connectivity index (χ1) is 9.92. The first-order valence-corrected chi connectivity index (χ1v) is 7.29. The maximum absolute atomic E-state index is 2.46. The van der Waals surface area contributed by atoms with Gasteiger partial charge in [-0.25, -0.2) is 0 Å². The molecular weight excluding hydrogens is 240 g/mol. The van der Waals surface area contributed by atoms with Gasteiger partial charge in [-0.15, -0.1) is 0 Å². The van der Waals surface area contributed by atoms with Crippen LogP contribution >= 0.6 is 0 Å². The smallest absolute Gasteiger partial charge is 0.00588 e. The number of hydrogen-bond donors (Lipinski definition) is 0. The van der Waals surface area contributed by atoms with Gasteiger partial charge >= 0.3 is 0 Å². The van der Waals surface area contributed by atoms with Crippen molar-refractivity contribution >= 4 is 12.2 Å². The van der Waals surface area contributed by atoms with Gasteiger partial charge in [0, 0.05) is 11.8 Å². The summed E-state index contributed by atoms with van der Waals surface area (Å²) in [5.41, 5.74) is 5.67. The quantitative estimate of drug-likeness (QED) is 0.708. The summed E-state index contributed by atoms with van der Waals surface area (Å²) in [5, 5.41) is 0. The lowest BCUT2D eigenvalue weighted by Crippen LogP contribution is -1.99. The molecule has 2 aliphatic rings. The molecule has 0 spiro atoms. The molecule has 0 heterocycles. The molecule has 20 heavy (non-hydrogen) atoms. The number of fused-ring (bicyclic) bond motifs is 2. The zero-order valence-corrected chi connectivity index (χ0v) is 11.4. The molecule has 4 rings (SSSR count). The molecule has 1 radical (unpaired) electrons. The van der Waals surface area contributed by atoms with E-state index in [-0.39, 0.29) is 0 Å². The minimum absolute atomic E-state index is 0.479.